The molecule has 3 atom stereocenters. The fraction of sp³-hybridized carbons (Fsp3) is 0.917. The van der Waals surface area contributed by atoms with Crippen LogP contribution in [0, 0.1) is 17.8 Å². The Morgan fingerprint density at radius 2 is 2.13 bits per heavy atom. The molecule has 2 nitrogen and oxygen atoms in total. The Morgan fingerprint density at radius 1 is 1.40 bits per heavy atom. The highest BCUT2D eigenvalue weighted by Gasteiger charge is 2.39. The Hall–Kier alpha value is -0.0500. The van der Waals surface area contributed by atoms with Crippen molar-refractivity contribution in [2.75, 3.05) is 6.54 Å². The van der Waals surface area contributed by atoms with Gasteiger partial charge >= 0.3 is 0 Å². The lowest BCUT2D eigenvalue weighted by molar-refractivity contribution is -0.122. The van der Waals surface area contributed by atoms with Gasteiger partial charge in [-0.05, 0) is 50.9 Å². The number of halogens is 1. The van der Waals surface area contributed by atoms with Crippen molar-refractivity contribution in [1.82, 2.24) is 5.32 Å². The van der Waals surface area contributed by atoms with E-state index in [-0.39, 0.29) is 5.91 Å². The first-order valence-corrected chi connectivity index (χ1v) is 6.73. The quantitative estimate of drug-likeness (QED) is 0.788. The average molecular weight is 274 g/mol. The van der Waals surface area contributed by atoms with E-state index < -0.39 is 4.32 Å². The maximum Gasteiger partial charge on any atom is 0.236 e. The number of hydrogen-bond acceptors (Lipinski definition) is 1. The van der Waals surface area contributed by atoms with Gasteiger partial charge in [-0.15, -0.1) is 0 Å². The summed E-state index contributed by atoms with van der Waals surface area (Å²) in [7, 11) is 0. The van der Waals surface area contributed by atoms with Gasteiger partial charge in [-0.2, -0.15) is 0 Å². The normalized spacial score (nSPS) is 34.5. The van der Waals surface area contributed by atoms with Gasteiger partial charge in [0, 0.05) is 6.54 Å². The van der Waals surface area contributed by atoms with E-state index in [9.17, 15) is 4.79 Å². The second kappa shape index (κ2) is 4.08. The zero-order chi connectivity index (χ0) is 11.1. The van der Waals surface area contributed by atoms with Crippen LogP contribution in [-0.4, -0.2) is 16.8 Å². The molecule has 2 aliphatic carbocycles. The highest BCUT2D eigenvalue weighted by Crippen LogP contribution is 2.47. The Morgan fingerprint density at radius 3 is 2.60 bits per heavy atom. The molecular formula is C12H20BrNO. The molecule has 0 aliphatic heterocycles. The van der Waals surface area contributed by atoms with Crippen molar-refractivity contribution >= 4 is 21.8 Å². The number of fused-ring (bicyclic) bond motifs is 2. The van der Waals surface area contributed by atoms with Gasteiger partial charge < -0.3 is 5.32 Å². The lowest BCUT2D eigenvalue weighted by atomic mass is 9.89. The molecule has 2 aliphatic rings. The topological polar surface area (TPSA) is 29.1 Å². The molecular weight excluding hydrogens is 254 g/mol. The van der Waals surface area contributed by atoms with Crippen LogP contribution in [0.1, 0.15) is 39.5 Å². The van der Waals surface area contributed by atoms with Gasteiger partial charge in [0.2, 0.25) is 5.91 Å². The van der Waals surface area contributed by atoms with E-state index in [0.717, 1.165) is 24.3 Å². The summed E-state index contributed by atoms with van der Waals surface area (Å²) in [6, 6.07) is 0. The minimum atomic E-state index is -0.426. The van der Waals surface area contributed by atoms with E-state index in [2.05, 4.69) is 21.2 Å². The van der Waals surface area contributed by atoms with Crippen LogP contribution in [0.2, 0.25) is 0 Å². The lowest BCUT2D eigenvalue weighted by Crippen LogP contribution is -2.40. The van der Waals surface area contributed by atoms with Crippen LogP contribution < -0.4 is 5.32 Å². The molecule has 1 amide bonds. The second-order valence-corrected chi connectivity index (χ2v) is 7.60. The molecule has 2 fully saturated rings. The number of hydrogen-bond donors (Lipinski definition) is 1. The molecule has 0 aromatic heterocycles. The Labute approximate surface area is 100 Å². The summed E-state index contributed by atoms with van der Waals surface area (Å²) in [6.45, 7) is 4.67. The van der Waals surface area contributed by atoms with Crippen LogP contribution in [0.15, 0.2) is 0 Å². The van der Waals surface area contributed by atoms with Gasteiger partial charge in [0.1, 0.15) is 0 Å². The number of alkyl halides is 1. The molecule has 3 heteroatoms. The van der Waals surface area contributed by atoms with Crippen molar-refractivity contribution < 1.29 is 4.79 Å². The molecule has 0 heterocycles. The monoisotopic (exact) mass is 273 g/mol. The third-order valence-corrected chi connectivity index (χ3v) is 4.31. The van der Waals surface area contributed by atoms with Gasteiger partial charge in [0.25, 0.3) is 0 Å². The molecule has 0 aromatic carbocycles. The number of carbonyl (C=O) groups is 1. The largest absolute Gasteiger partial charge is 0.355 e. The SMILES string of the molecule is CC(C)(Br)C(=O)NCC1CC2CCC1C2. The Bertz CT molecular complexity index is 259. The molecule has 2 rings (SSSR count). The third-order valence-electron chi connectivity index (χ3n) is 3.95. The van der Waals surface area contributed by atoms with Gasteiger partial charge in [0.15, 0.2) is 0 Å². The molecule has 0 aromatic rings. The van der Waals surface area contributed by atoms with E-state index in [1.807, 2.05) is 13.8 Å². The summed E-state index contributed by atoms with van der Waals surface area (Å²) in [4.78, 5) is 11.7. The fourth-order valence-corrected chi connectivity index (χ4v) is 3.20. The van der Waals surface area contributed by atoms with Gasteiger partial charge in [-0.1, -0.05) is 22.4 Å². The summed E-state index contributed by atoms with van der Waals surface area (Å²) >= 11 is 3.38. The van der Waals surface area contributed by atoms with Crippen molar-refractivity contribution in [3.8, 4) is 0 Å². The number of nitrogens with one attached hydrogen (secondary N) is 1. The standard InChI is InChI=1S/C12H20BrNO/c1-12(2,13)11(15)14-7-10-6-8-3-4-9(10)5-8/h8-10H,3-7H2,1-2H3,(H,14,15). The van der Waals surface area contributed by atoms with Crippen LogP contribution in [-0.2, 0) is 4.79 Å². The highest BCUT2D eigenvalue weighted by atomic mass is 79.9. The molecule has 15 heavy (non-hydrogen) atoms. The lowest BCUT2D eigenvalue weighted by Gasteiger charge is -2.24. The van der Waals surface area contributed by atoms with Crippen molar-refractivity contribution in [2.45, 2.75) is 43.9 Å². The predicted molar refractivity (Wildman–Crippen MR) is 65.0 cm³/mol. The third kappa shape index (κ3) is 2.55. The van der Waals surface area contributed by atoms with E-state index in [1.54, 1.807) is 0 Å². The first kappa shape index (κ1) is 11.4. The predicted octanol–water partition coefficient (Wildman–Crippen LogP) is 2.71. The zero-order valence-electron chi connectivity index (χ0n) is 9.55. The van der Waals surface area contributed by atoms with Crippen LogP contribution in [0.4, 0.5) is 0 Å². The maximum atomic E-state index is 11.7. The van der Waals surface area contributed by atoms with Crippen LogP contribution in [0.25, 0.3) is 0 Å². The molecule has 0 saturated heterocycles. The van der Waals surface area contributed by atoms with Crippen molar-refractivity contribution in [2.24, 2.45) is 17.8 Å². The average Bonchev–Trinajstić information content (AvgIpc) is 2.73. The molecule has 86 valence electrons. The summed E-state index contributed by atoms with van der Waals surface area (Å²) < 4.78 is -0.426. The first-order valence-electron chi connectivity index (χ1n) is 5.94. The molecule has 0 radical (unpaired) electrons. The second-order valence-electron chi connectivity index (χ2n) is 5.62. The smallest absolute Gasteiger partial charge is 0.236 e. The van der Waals surface area contributed by atoms with Crippen LogP contribution in [0.5, 0.6) is 0 Å². The van der Waals surface area contributed by atoms with E-state index >= 15 is 0 Å². The summed E-state index contributed by atoms with van der Waals surface area (Å²) in [6.07, 6.45) is 5.58. The van der Waals surface area contributed by atoms with Gasteiger partial charge in [-0.25, -0.2) is 0 Å². The van der Waals surface area contributed by atoms with Crippen molar-refractivity contribution in [3.05, 3.63) is 0 Å². The van der Waals surface area contributed by atoms with Crippen molar-refractivity contribution in [3.63, 3.8) is 0 Å². The molecule has 2 saturated carbocycles. The number of rotatable bonds is 3. The van der Waals surface area contributed by atoms with Crippen LogP contribution in [0.3, 0.4) is 0 Å². The minimum Gasteiger partial charge on any atom is -0.355 e. The Kier molecular flexibility index (Phi) is 3.11. The number of carbonyl (C=O) groups excluding carboxylic acids is 1. The molecule has 1 N–H and O–H groups in total. The van der Waals surface area contributed by atoms with E-state index in [0.29, 0.717) is 0 Å². The molecule has 0 spiro atoms. The van der Waals surface area contributed by atoms with Crippen LogP contribution >= 0.6 is 15.9 Å². The first-order chi connectivity index (χ1) is 6.97. The van der Waals surface area contributed by atoms with Crippen molar-refractivity contribution in [1.29, 1.82) is 0 Å². The highest BCUT2D eigenvalue weighted by molar-refractivity contribution is 9.10. The molecule has 3 unspecified atom stereocenters. The van der Waals surface area contributed by atoms with Gasteiger partial charge in [-0.3, -0.25) is 4.79 Å². The zero-order valence-corrected chi connectivity index (χ0v) is 11.1. The Balaban J connectivity index is 1.77. The summed E-state index contributed by atoms with van der Waals surface area (Å²) in [5.41, 5.74) is 0. The van der Waals surface area contributed by atoms with E-state index in [1.165, 1.54) is 25.7 Å². The minimum absolute atomic E-state index is 0.116. The molecule has 2 bridgehead atoms. The fourth-order valence-electron chi connectivity index (χ4n) is 3.06. The summed E-state index contributed by atoms with van der Waals surface area (Å²) in [5.74, 6) is 2.73. The van der Waals surface area contributed by atoms with Gasteiger partial charge in [0.05, 0.1) is 4.32 Å². The van der Waals surface area contributed by atoms with E-state index in [4.69, 9.17) is 0 Å². The summed E-state index contributed by atoms with van der Waals surface area (Å²) in [5, 5.41) is 3.06. The number of amides is 1. The maximum absolute atomic E-state index is 11.7.